The van der Waals surface area contributed by atoms with E-state index in [-0.39, 0.29) is 5.75 Å². The largest absolute Gasteiger partial charge is 0.508 e. The Bertz CT molecular complexity index is 986. The van der Waals surface area contributed by atoms with Gasteiger partial charge in [0.2, 0.25) is 0 Å². The third kappa shape index (κ3) is 2.40. The highest BCUT2D eigenvalue weighted by molar-refractivity contribution is 5.98. The SMILES string of the molecule is COc1ccc2c(c1)c(-c1ccccc1)cn2-c1ccc(O)cc1. The van der Waals surface area contributed by atoms with Gasteiger partial charge in [0.05, 0.1) is 12.6 Å². The molecule has 0 atom stereocenters. The Morgan fingerprint density at radius 3 is 2.33 bits per heavy atom. The average molecular weight is 315 g/mol. The van der Waals surface area contributed by atoms with Crippen LogP contribution in [-0.2, 0) is 0 Å². The zero-order chi connectivity index (χ0) is 16.5. The molecule has 0 amide bonds. The molecule has 1 aromatic heterocycles. The van der Waals surface area contributed by atoms with Crippen molar-refractivity contribution in [2.24, 2.45) is 0 Å². The van der Waals surface area contributed by atoms with E-state index in [2.05, 4.69) is 35.0 Å². The number of phenolic OH excluding ortho intramolecular Hbond substituents is 1. The fourth-order valence-corrected chi connectivity index (χ4v) is 3.01. The Labute approximate surface area is 140 Å². The average Bonchev–Trinajstić information content (AvgIpc) is 3.02. The number of aromatic hydroxyl groups is 1. The van der Waals surface area contributed by atoms with Crippen molar-refractivity contribution in [3.05, 3.63) is 79.0 Å². The van der Waals surface area contributed by atoms with E-state index in [0.717, 1.165) is 33.5 Å². The number of ether oxygens (including phenoxy) is 1. The second-order valence-corrected chi connectivity index (χ2v) is 5.68. The predicted molar refractivity (Wildman–Crippen MR) is 96.9 cm³/mol. The second kappa shape index (κ2) is 5.78. The van der Waals surface area contributed by atoms with Gasteiger partial charge in [-0.05, 0) is 48.0 Å². The van der Waals surface area contributed by atoms with Gasteiger partial charge in [-0.15, -0.1) is 0 Å². The van der Waals surface area contributed by atoms with E-state index in [0.29, 0.717) is 0 Å². The molecule has 4 rings (SSSR count). The summed E-state index contributed by atoms with van der Waals surface area (Å²) in [5.41, 5.74) is 4.41. The normalized spacial score (nSPS) is 10.9. The van der Waals surface area contributed by atoms with Gasteiger partial charge in [0.1, 0.15) is 11.5 Å². The Kier molecular flexibility index (Phi) is 3.47. The highest BCUT2D eigenvalue weighted by Gasteiger charge is 2.12. The first kappa shape index (κ1) is 14.4. The minimum absolute atomic E-state index is 0.264. The Hall–Kier alpha value is -3.20. The standard InChI is InChI=1S/C21H17NO2/c1-24-18-11-12-21-19(13-18)20(15-5-3-2-4-6-15)14-22(21)16-7-9-17(23)10-8-16/h2-14,23H,1H3. The first-order chi connectivity index (χ1) is 11.8. The van der Waals surface area contributed by atoms with E-state index in [1.807, 2.05) is 36.4 Å². The van der Waals surface area contributed by atoms with E-state index in [4.69, 9.17) is 4.74 Å². The van der Waals surface area contributed by atoms with Crippen LogP contribution >= 0.6 is 0 Å². The van der Waals surface area contributed by atoms with E-state index >= 15 is 0 Å². The summed E-state index contributed by atoms with van der Waals surface area (Å²) in [6.45, 7) is 0. The van der Waals surface area contributed by atoms with Crippen molar-refractivity contribution in [3.63, 3.8) is 0 Å². The van der Waals surface area contributed by atoms with Gasteiger partial charge in [0.25, 0.3) is 0 Å². The second-order valence-electron chi connectivity index (χ2n) is 5.68. The summed E-state index contributed by atoms with van der Waals surface area (Å²) in [7, 11) is 1.68. The molecule has 0 aliphatic carbocycles. The molecule has 3 nitrogen and oxygen atoms in total. The molecule has 4 aromatic rings. The summed E-state index contributed by atoms with van der Waals surface area (Å²) >= 11 is 0. The first-order valence-corrected chi connectivity index (χ1v) is 7.80. The zero-order valence-corrected chi connectivity index (χ0v) is 13.3. The minimum Gasteiger partial charge on any atom is -0.508 e. The molecular formula is C21H17NO2. The number of rotatable bonds is 3. The van der Waals surface area contributed by atoms with E-state index < -0.39 is 0 Å². The van der Waals surface area contributed by atoms with Gasteiger partial charge in [0, 0.05) is 22.8 Å². The molecule has 0 fully saturated rings. The molecule has 3 heteroatoms. The van der Waals surface area contributed by atoms with Gasteiger partial charge in [-0.25, -0.2) is 0 Å². The predicted octanol–water partition coefficient (Wildman–Crippen LogP) is 5.01. The van der Waals surface area contributed by atoms with Crippen LogP contribution in [0.3, 0.4) is 0 Å². The number of fused-ring (bicyclic) bond motifs is 1. The van der Waals surface area contributed by atoms with E-state index in [1.54, 1.807) is 19.2 Å². The van der Waals surface area contributed by atoms with Gasteiger partial charge in [-0.1, -0.05) is 30.3 Å². The molecule has 3 aromatic carbocycles. The molecule has 118 valence electrons. The van der Waals surface area contributed by atoms with Crippen molar-refractivity contribution in [2.45, 2.75) is 0 Å². The van der Waals surface area contributed by atoms with Crippen LogP contribution in [0.1, 0.15) is 0 Å². The molecule has 0 radical (unpaired) electrons. The first-order valence-electron chi connectivity index (χ1n) is 7.80. The quantitative estimate of drug-likeness (QED) is 0.576. The molecule has 0 spiro atoms. The van der Waals surface area contributed by atoms with Crippen LogP contribution in [0.25, 0.3) is 27.7 Å². The van der Waals surface area contributed by atoms with Crippen LogP contribution in [0.15, 0.2) is 79.0 Å². The van der Waals surface area contributed by atoms with Gasteiger partial charge in [0.15, 0.2) is 0 Å². The molecule has 0 saturated carbocycles. The van der Waals surface area contributed by atoms with Crippen molar-refractivity contribution >= 4 is 10.9 Å². The number of aromatic nitrogens is 1. The van der Waals surface area contributed by atoms with Crippen molar-refractivity contribution in [2.75, 3.05) is 7.11 Å². The number of nitrogens with zero attached hydrogens (tertiary/aromatic N) is 1. The number of benzene rings is 3. The van der Waals surface area contributed by atoms with Gasteiger partial charge in [-0.2, -0.15) is 0 Å². The van der Waals surface area contributed by atoms with Gasteiger partial charge in [-0.3, -0.25) is 0 Å². The molecule has 0 bridgehead atoms. The van der Waals surface area contributed by atoms with Crippen LogP contribution in [0.2, 0.25) is 0 Å². The zero-order valence-electron chi connectivity index (χ0n) is 13.3. The van der Waals surface area contributed by atoms with Crippen LogP contribution in [0.5, 0.6) is 11.5 Å². The molecule has 0 aliphatic rings. The van der Waals surface area contributed by atoms with Crippen molar-refractivity contribution in [3.8, 4) is 28.3 Å². The van der Waals surface area contributed by atoms with Crippen LogP contribution in [0, 0.1) is 0 Å². The highest BCUT2D eigenvalue weighted by Crippen LogP contribution is 2.35. The summed E-state index contributed by atoms with van der Waals surface area (Å²) in [5.74, 6) is 1.10. The number of hydrogen-bond donors (Lipinski definition) is 1. The molecule has 0 aliphatic heterocycles. The summed E-state index contributed by atoms with van der Waals surface area (Å²) < 4.78 is 7.54. The molecular weight excluding hydrogens is 298 g/mol. The van der Waals surface area contributed by atoms with Gasteiger partial charge >= 0.3 is 0 Å². The maximum Gasteiger partial charge on any atom is 0.119 e. The summed E-state index contributed by atoms with van der Waals surface area (Å²) in [5, 5.41) is 10.7. The Morgan fingerprint density at radius 1 is 0.875 bits per heavy atom. The third-order valence-corrected chi connectivity index (χ3v) is 4.22. The monoisotopic (exact) mass is 315 g/mol. The minimum atomic E-state index is 0.264. The molecule has 1 heterocycles. The number of phenols is 1. The van der Waals surface area contributed by atoms with Crippen LogP contribution < -0.4 is 4.74 Å². The molecule has 24 heavy (non-hydrogen) atoms. The molecule has 1 N–H and O–H groups in total. The number of hydrogen-bond acceptors (Lipinski definition) is 2. The third-order valence-electron chi connectivity index (χ3n) is 4.22. The maximum absolute atomic E-state index is 9.54. The Balaban J connectivity index is 2.00. The van der Waals surface area contributed by atoms with Crippen LogP contribution in [0.4, 0.5) is 0 Å². The topological polar surface area (TPSA) is 34.4 Å². The van der Waals surface area contributed by atoms with E-state index in [1.165, 1.54) is 0 Å². The van der Waals surface area contributed by atoms with Gasteiger partial charge < -0.3 is 14.4 Å². The number of methoxy groups -OCH3 is 1. The summed E-state index contributed by atoms with van der Waals surface area (Å²) in [6, 6.07) is 23.6. The fourth-order valence-electron chi connectivity index (χ4n) is 3.01. The van der Waals surface area contributed by atoms with Crippen LogP contribution in [-0.4, -0.2) is 16.8 Å². The van der Waals surface area contributed by atoms with Crippen molar-refractivity contribution < 1.29 is 9.84 Å². The summed E-state index contributed by atoms with van der Waals surface area (Å²) in [6.07, 6.45) is 2.13. The molecule has 0 saturated heterocycles. The fraction of sp³-hybridized carbons (Fsp3) is 0.0476. The maximum atomic E-state index is 9.54. The van der Waals surface area contributed by atoms with Crippen molar-refractivity contribution in [1.29, 1.82) is 0 Å². The lowest BCUT2D eigenvalue weighted by molar-refractivity contribution is 0.415. The smallest absolute Gasteiger partial charge is 0.119 e. The lowest BCUT2D eigenvalue weighted by atomic mass is 10.0. The highest BCUT2D eigenvalue weighted by atomic mass is 16.5. The van der Waals surface area contributed by atoms with Crippen molar-refractivity contribution in [1.82, 2.24) is 4.57 Å². The summed E-state index contributed by atoms with van der Waals surface area (Å²) in [4.78, 5) is 0. The lowest BCUT2D eigenvalue weighted by Crippen LogP contribution is -1.91. The molecule has 0 unspecified atom stereocenters. The lowest BCUT2D eigenvalue weighted by Gasteiger charge is -2.06. The Morgan fingerprint density at radius 2 is 1.62 bits per heavy atom. The van der Waals surface area contributed by atoms with E-state index in [9.17, 15) is 5.11 Å².